The predicted octanol–water partition coefficient (Wildman–Crippen LogP) is 2.34. The fourth-order valence-corrected chi connectivity index (χ4v) is 1.47. The van der Waals surface area contributed by atoms with Crippen LogP contribution in [-0.4, -0.2) is 17.8 Å². The van der Waals surface area contributed by atoms with E-state index in [9.17, 15) is 4.39 Å². The highest BCUT2D eigenvalue weighted by molar-refractivity contribution is 6.30. The zero-order valence-electron chi connectivity index (χ0n) is 8.63. The van der Waals surface area contributed by atoms with Gasteiger partial charge >= 0.3 is 0 Å². The van der Waals surface area contributed by atoms with Crippen LogP contribution in [-0.2, 0) is 6.54 Å². The van der Waals surface area contributed by atoms with Crippen LogP contribution in [0.5, 0.6) is 0 Å². The van der Waals surface area contributed by atoms with Crippen LogP contribution in [0, 0.1) is 5.82 Å². The van der Waals surface area contributed by atoms with E-state index in [2.05, 4.69) is 5.32 Å². The van der Waals surface area contributed by atoms with Crippen LogP contribution in [0.15, 0.2) is 18.2 Å². The molecule has 0 aliphatic heterocycles. The predicted molar refractivity (Wildman–Crippen MR) is 59.4 cm³/mol. The zero-order chi connectivity index (χ0) is 11.3. The summed E-state index contributed by atoms with van der Waals surface area (Å²) in [6, 6.07) is 4.46. The molecule has 0 unspecified atom stereocenters. The molecular weight excluding hydrogens is 217 g/mol. The highest BCUT2D eigenvalue weighted by atomic mass is 35.5. The molecule has 0 heterocycles. The topological polar surface area (TPSA) is 32.3 Å². The lowest BCUT2D eigenvalue weighted by atomic mass is 10.2. The Balaban J connectivity index is 2.60. The van der Waals surface area contributed by atoms with Gasteiger partial charge in [-0.3, -0.25) is 0 Å². The smallest absolute Gasteiger partial charge is 0.127 e. The summed E-state index contributed by atoms with van der Waals surface area (Å²) in [6.07, 6.45) is 0.804. The molecule has 0 aliphatic rings. The Hall–Kier alpha value is -0.640. The number of aliphatic hydroxyl groups excluding tert-OH is 1. The third-order valence-corrected chi connectivity index (χ3v) is 2.54. The Morgan fingerprint density at radius 3 is 2.87 bits per heavy atom. The van der Waals surface area contributed by atoms with Crippen molar-refractivity contribution in [3.05, 3.63) is 34.6 Å². The van der Waals surface area contributed by atoms with Gasteiger partial charge in [0.05, 0.1) is 6.61 Å². The van der Waals surface area contributed by atoms with E-state index in [1.165, 1.54) is 12.1 Å². The van der Waals surface area contributed by atoms with Gasteiger partial charge in [-0.05, 0) is 24.6 Å². The van der Waals surface area contributed by atoms with Crippen molar-refractivity contribution in [3.63, 3.8) is 0 Å². The number of nitrogens with one attached hydrogen (secondary N) is 1. The fourth-order valence-electron chi connectivity index (χ4n) is 1.27. The van der Waals surface area contributed by atoms with Crippen molar-refractivity contribution in [1.82, 2.24) is 5.32 Å². The first-order chi connectivity index (χ1) is 7.17. The molecule has 1 aromatic carbocycles. The average Bonchev–Trinajstić information content (AvgIpc) is 2.24. The summed E-state index contributed by atoms with van der Waals surface area (Å²) in [5, 5.41) is 12.5. The van der Waals surface area contributed by atoms with Gasteiger partial charge in [0.15, 0.2) is 0 Å². The SMILES string of the molecule is CC[C@@H](CO)NCc1cc(Cl)ccc1F. The first-order valence-electron chi connectivity index (χ1n) is 4.95. The third-order valence-electron chi connectivity index (χ3n) is 2.30. The maximum absolute atomic E-state index is 13.3. The van der Waals surface area contributed by atoms with Crippen molar-refractivity contribution in [2.24, 2.45) is 0 Å². The van der Waals surface area contributed by atoms with Gasteiger partial charge in [0.1, 0.15) is 5.82 Å². The highest BCUT2D eigenvalue weighted by Gasteiger charge is 2.06. The third kappa shape index (κ3) is 3.78. The molecule has 1 aromatic rings. The molecule has 2 nitrogen and oxygen atoms in total. The second-order valence-corrected chi connectivity index (χ2v) is 3.84. The lowest BCUT2D eigenvalue weighted by Crippen LogP contribution is -2.31. The van der Waals surface area contributed by atoms with Gasteiger partial charge in [0, 0.05) is 23.2 Å². The monoisotopic (exact) mass is 231 g/mol. The normalized spacial score (nSPS) is 12.8. The Bertz CT molecular complexity index is 315. The van der Waals surface area contributed by atoms with Gasteiger partial charge in [-0.25, -0.2) is 4.39 Å². The number of halogens is 2. The molecule has 0 saturated heterocycles. The quantitative estimate of drug-likeness (QED) is 0.815. The van der Waals surface area contributed by atoms with Crippen molar-refractivity contribution in [3.8, 4) is 0 Å². The molecule has 15 heavy (non-hydrogen) atoms. The number of aliphatic hydroxyl groups is 1. The summed E-state index contributed by atoms with van der Waals surface area (Å²) in [5.74, 6) is -0.278. The molecule has 0 amide bonds. The number of rotatable bonds is 5. The van der Waals surface area contributed by atoms with Crippen LogP contribution < -0.4 is 5.32 Å². The summed E-state index contributed by atoms with van der Waals surface area (Å²) in [6.45, 7) is 2.40. The van der Waals surface area contributed by atoms with Crippen molar-refractivity contribution in [2.45, 2.75) is 25.9 Å². The fraction of sp³-hybridized carbons (Fsp3) is 0.455. The first-order valence-corrected chi connectivity index (χ1v) is 5.33. The molecule has 4 heteroatoms. The van der Waals surface area contributed by atoms with Gasteiger partial charge < -0.3 is 10.4 Å². The van der Waals surface area contributed by atoms with Crippen molar-refractivity contribution in [2.75, 3.05) is 6.61 Å². The average molecular weight is 232 g/mol. The van der Waals surface area contributed by atoms with Gasteiger partial charge in [-0.15, -0.1) is 0 Å². The van der Waals surface area contributed by atoms with E-state index in [0.29, 0.717) is 17.1 Å². The van der Waals surface area contributed by atoms with Crippen molar-refractivity contribution >= 4 is 11.6 Å². The highest BCUT2D eigenvalue weighted by Crippen LogP contribution is 2.14. The van der Waals surface area contributed by atoms with Crippen LogP contribution in [0.3, 0.4) is 0 Å². The van der Waals surface area contributed by atoms with E-state index in [4.69, 9.17) is 16.7 Å². The summed E-state index contributed by atoms with van der Waals surface area (Å²) < 4.78 is 13.3. The van der Waals surface area contributed by atoms with Crippen LogP contribution >= 0.6 is 11.6 Å². The summed E-state index contributed by atoms with van der Waals surface area (Å²) in [7, 11) is 0. The lowest BCUT2D eigenvalue weighted by Gasteiger charge is -2.14. The van der Waals surface area contributed by atoms with Gasteiger partial charge in [-0.1, -0.05) is 18.5 Å². The van der Waals surface area contributed by atoms with Crippen LogP contribution in [0.25, 0.3) is 0 Å². The number of benzene rings is 1. The van der Waals surface area contributed by atoms with E-state index in [0.717, 1.165) is 6.42 Å². The summed E-state index contributed by atoms with van der Waals surface area (Å²) in [5.41, 5.74) is 0.523. The number of hydrogen-bond donors (Lipinski definition) is 2. The van der Waals surface area contributed by atoms with Crippen LogP contribution in [0.4, 0.5) is 4.39 Å². The molecule has 0 saturated carbocycles. The molecule has 2 N–H and O–H groups in total. The molecule has 1 rings (SSSR count). The van der Waals surface area contributed by atoms with Gasteiger partial charge in [0.25, 0.3) is 0 Å². The van der Waals surface area contributed by atoms with Crippen LogP contribution in [0.2, 0.25) is 5.02 Å². The Morgan fingerprint density at radius 2 is 2.27 bits per heavy atom. The minimum absolute atomic E-state index is 0.00313. The van der Waals surface area contributed by atoms with Crippen molar-refractivity contribution in [1.29, 1.82) is 0 Å². The van der Waals surface area contributed by atoms with Gasteiger partial charge in [0.2, 0.25) is 0 Å². The van der Waals surface area contributed by atoms with Gasteiger partial charge in [-0.2, -0.15) is 0 Å². The second-order valence-electron chi connectivity index (χ2n) is 3.40. The molecule has 0 bridgehead atoms. The molecule has 0 radical (unpaired) electrons. The molecule has 0 aromatic heterocycles. The minimum atomic E-state index is -0.278. The minimum Gasteiger partial charge on any atom is -0.395 e. The lowest BCUT2D eigenvalue weighted by molar-refractivity contribution is 0.238. The Kier molecular flexibility index (Phi) is 5.02. The Morgan fingerprint density at radius 1 is 1.53 bits per heavy atom. The largest absolute Gasteiger partial charge is 0.395 e. The summed E-state index contributed by atoms with van der Waals surface area (Å²) >= 11 is 5.76. The van der Waals surface area contributed by atoms with Crippen molar-refractivity contribution < 1.29 is 9.50 Å². The zero-order valence-corrected chi connectivity index (χ0v) is 9.39. The second kappa shape index (κ2) is 6.05. The molecule has 1 atom stereocenters. The van der Waals surface area contributed by atoms with E-state index in [-0.39, 0.29) is 18.5 Å². The van der Waals surface area contributed by atoms with Crippen LogP contribution in [0.1, 0.15) is 18.9 Å². The Labute approximate surface area is 94.1 Å². The molecule has 84 valence electrons. The molecular formula is C11H15ClFNO. The molecule has 0 spiro atoms. The summed E-state index contributed by atoms with van der Waals surface area (Å²) in [4.78, 5) is 0. The van der Waals surface area contributed by atoms with E-state index in [1.54, 1.807) is 6.07 Å². The molecule has 0 fully saturated rings. The maximum atomic E-state index is 13.3. The maximum Gasteiger partial charge on any atom is 0.127 e. The molecule has 0 aliphatic carbocycles. The van der Waals surface area contributed by atoms with E-state index in [1.807, 2.05) is 6.92 Å². The standard InChI is InChI=1S/C11H15ClFNO/c1-2-10(7-15)14-6-8-5-9(12)3-4-11(8)13/h3-5,10,14-15H,2,6-7H2,1H3/t10-/m0/s1. The van der Waals surface area contributed by atoms with E-state index < -0.39 is 0 Å². The van der Waals surface area contributed by atoms with E-state index >= 15 is 0 Å². The first kappa shape index (κ1) is 12.4. The number of hydrogen-bond acceptors (Lipinski definition) is 2.